The molecule has 1 N–H and O–H groups in total. The third-order valence-electron chi connectivity index (χ3n) is 4.57. The van der Waals surface area contributed by atoms with Gasteiger partial charge in [-0.2, -0.15) is 13.2 Å². The van der Waals surface area contributed by atoms with Crippen molar-refractivity contribution in [2.45, 2.75) is 11.1 Å². The Kier molecular flexibility index (Phi) is 7.61. The number of carbonyl (C=O) groups is 2. The van der Waals surface area contributed by atoms with Crippen LogP contribution in [0.4, 0.5) is 24.5 Å². The quantitative estimate of drug-likeness (QED) is 0.602. The van der Waals surface area contributed by atoms with Crippen molar-refractivity contribution in [3.63, 3.8) is 0 Å². The molecule has 1 heterocycles. The zero-order valence-corrected chi connectivity index (χ0v) is 18.4. The van der Waals surface area contributed by atoms with Crippen molar-refractivity contribution in [2.75, 3.05) is 42.1 Å². The summed E-state index contributed by atoms with van der Waals surface area (Å²) < 4.78 is 37.7. The molecule has 2 aromatic carbocycles. The first kappa shape index (κ1) is 23.6. The fourth-order valence-corrected chi connectivity index (χ4v) is 4.17. The van der Waals surface area contributed by atoms with E-state index >= 15 is 0 Å². The summed E-state index contributed by atoms with van der Waals surface area (Å²) in [5.74, 6) is -1.83. The highest BCUT2D eigenvalue weighted by molar-refractivity contribution is 8.00. The molecule has 0 aromatic heterocycles. The van der Waals surface area contributed by atoms with Crippen molar-refractivity contribution in [2.24, 2.45) is 0 Å². The largest absolute Gasteiger partial charge is 0.471 e. The summed E-state index contributed by atoms with van der Waals surface area (Å²) in [6, 6.07) is 12.1. The first-order valence-corrected chi connectivity index (χ1v) is 11.0. The van der Waals surface area contributed by atoms with Crippen molar-refractivity contribution in [1.29, 1.82) is 0 Å². The number of anilines is 2. The van der Waals surface area contributed by atoms with E-state index in [1.165, 1.54) is 11.8 Å². The van der Waals surface area contributed by atoms with E-state index in [4.69, 9.17) is 23.2 Å². The highest BCUT2D eigenvalue weighted by atomic mass is 35.5. The normalized spacial score (nSPS) is 14.5. The molecule has 0 atom stereocenters. The minimum atomic E-state index is -4.87. The third-order valence-corrected chi connectivity index (χ3v) is 6.13. The van der Waals surface area contributed by atoms with Crippen molar-refractivity contribution in [3.05, 3.63) is 52.5 Å². The Morgan fingerprint density at radius 1 is 1.00 bits per heavy atom. The van der Waals surface area contributed by atoms with Gasteiger partial charge in [0.05, 0.1) is 16.5 Å². The second kappa shape index (κ2) is 10.0. The monoisotopic (exact) mass is 491 g/mol. The van der Waals surface area contributed by atoms with Crippen molar-refractivity contribution in [1.82, 2.24) is 4.90 Å². The van der Waals surface area contributed by atoms with E-state index in [1.807, 2.05) is 17.0 Å². The van der Waals surface area contributed by atoms with Gasteiger partial charge >= 0.3 is 12.1 Å². The number of piperazine rings is 1. The topological polar surface area (TPSA) is 52.7 Å². The maximum atomic E-state index is 12.6. The summed E-state index contributed by atoms with van der Waals surface area (Å²) in [6.07, 6.45) is -4.87. The number of carbonyl (C=O) groups excluding carboxylic acids is 2. The summed E-state index contributed by atoms with van der Waals surface area (Å²) >= 11 is 13.5. The summed E-state index contributed by atoms with van der Waals surface area (Å²) in [5.41, 5.74) is 1.15. The second-order valence-corrected chi connectivity index (χ2v) is 8.63. The van der Waals surface area contributed by atoms with Gasteiger partial charge < -0.3 is 15.1 Å². The standard InChI is InChI=1S/C20H18Cl2F3N3O2S/c21-13-1-4-15(5-2-13)31-12-18(29)26-14-3-6-17(16(22)11-14)27-7-9-28(10-8-27)19(30)20(23,24)25/h1-6,11H,7-10,12H2,(H,26,29). The number of thioether (sulfide) groups is 1. The van der Waals surface area contributed by atoms with Crippen molar-refractivity contribution >= 4 is 58.2 Å². The van der Waals surface area contributed by atoms with Crippen LogP contribution in [0.25, 0.3) is 0 Å². The van der Waals surface area contributed by atoms with Crippen LogP contribution in [0.5, 0.6) is 0 Å². The summed E-state index contributed by atoms with van der Waals surface area (Å²) in [7, 11) is 0. The SMILES string of the molecule is O=C(CSc1ccc(Cl)cc1)Nc1ccc(N2CCN(C(=O)C(F)(F)F)CC2)c(Cl)c1. The van der Waals surface area contributed by atoms with Gasteiger partial charge in [0.25, 0.3) is 0 Å². The van der Waals surface area contributed by atoms with Crippen LogP contribution >= 0.6 is 35.0 Å². The molecule has 0 spiro atoms. The molecule has 31 heavy (non-hydrogen) atoms. The Morgan fingerprint density at radius 3 is 2.23 bits per heavy atom. The number of nitrogens with one attached hydrogen (secondary N) is 1. The van der Waals surface area contributed by atoms with E-state index in [9.17, 15) is 22.8 Å². The first-order valence-electron chi connectivity index (χ1n) is 9.22. The Labute approximate surface area is 191 Å². The Bertz CT molecular complexity index is 950. The molecule has 5 nitrogen and oxygen atoms in total. The Balaban J connectivity index is 1.53. The molecule has 1 fully saturated rings. The van der Waals surface area contributed by atoms with Crippen LogP contribution in [-0.2, 0) is 9.59 Å². The molecule has 0 radical (unpaired) electrons. The Hall–Kier alpha value is -2.10. The van der Waals surface area contributed by atoms with E-state index in [2.05, 4.69) is 5.32 Å². The lowest BCUT2D eigenvalue weighted by Gasteiger charge is -2.36. The number of benzene rings is 2. The molecule has 2 amide bonds. The number of amides is 2. The maximum absolute atomic E-state index is 12.6. The average molecular weight is 492 g/mol. The summed E-state index contributed by atoms with van der Waals surface area (Å²) in [5, 5.41) is 3.75. The van der Waals surface area contributed by atoms with E-state index in [0.717, 1.165) is 9.80 Å². The minimum absolute atomic E-state index is 0.0465. The fraction of sp³-hybridized carbons (Fsp3) is 0.300. The molecule has 1 aliphatic rings. The fourth-order valence-electron chi connectivity index (χ4n) is 3.05. The van der Waals surface area contributed by atoms with Crippen molar-refractivity contribution < 1.29 is 22.8 Å². The highest BCUT2D eigenvalue weighted by Crippen LogP contribution is 2.30. The zero-order chi connectivity index (χ0) is 22.6. The molecule has 0 bridgehead atoms. The van der Waals surface area contributed by atoms with Gasteiger partial charge in [0.15, 0.2) is 0 Å². The van der Waals surface area contributed by atoms with Gasteiger partial charge in [0.1, 0.15) is 0 Å². The lowest BCUT2D eigenvalue weighted by Crippen LogP contribution is -2.52. The van der Waals surface area contributed by atoms with Gasteiger partial charge in [-0.1, -0.05) is 23.2 Å². The van der Waals surface area contributed by atoms with E-state index in [0.29, 0.717) is 21.4 Å². The predicted molar refractivity (Wildman–Crippen MR) is 117 cm³/mol. The van der Waals surface area contributed by atoms with Gasteiger partial charge in [-0.05, 0) is 42.5 Å². The minimum Gasteiger partial charge on any atom is -0.367 e. The van der Waals surface area contributed by atoms with Gasteiger partial charge in [-0.15, -0.1) is 11.8 Å². The van der Waals surface area contributed by atoms with Crippen LogP contribution in [-0.4, -0.2) is 54.8 Å². The zero-order valence-electron chi connectivity index (χ0n) is 16.1. The number of hydrogen-bond donors (Lipinski definition) is 1. The van der Waals surface area contributed by atoms with Gasteiger partial charge in [0.2, 0.25) is 5.91 Å². The molecule has 11 heteroatoms. The van der Waals surface area contributed by atoms with E-state index in [1.54, 1.807) is 30.3 Å². The number of rotatable bonds is 5. The molecule has 0 saturated carbocycles. The number of hydrogen-bond acceptors (Lipinski definition) is 4. The molecular weight excluding hydrogens is 474 g/mol. The molecule has 166 valence electrons. The molecule has 0 unspecified atom stereocenters. The molecular formula is C20H18Cl2F3N3O2S. The number of halogens is 5. The summed E-state index contributed by atoms with van der Waals surface area (Å²) in [4.78, 5) is 27.0. The lowest BCUT2D eigenvalue weighted by atomic mass is 10.2. The number of nitrogens with zero attached hydrogens (tertiary/aromatic N) is 2. The lowest BCUT2D eigenvalue weighted by molar-refractivity contribution is -0.185. The van der Waals surface area contributed by atoms with Crippen LogP contribution in [0.1, 0.15) is 0 Å². The van der Waals surface area contributed by atoms with Gasteiger partial charge in [0, 0.05) is 41.8 Å². The number of alkyl halides is 3. The molecule has 2 aromatic rings. The molecule has 0 aliphatic carbocycles. The molecule has 3 rings (SSSR count). The molecule has 1 aliphatic heterocycles. The van der Waals surface area contributed by atoms with Crippen molar-refractivity contribution in [3.8, 4) is 0 Å². The van der Waals surface area contributed by atoms with Crippen LogP contribution in [0.2, 0.25) is 10.0 Å². The Morgan fingerprint density at radius 2 is 1.65 bits per heavy atom. The van der Waals surface area contributed by atoms with Crippen LogP contribution in [0.15, 0.2) is 47.4 Å². The first-order chi connectivity index (χ1) is 14.6. The van der Waals surface area contributed by atoms with Crippen LogP contribution in [0.3, 0.4) is 0 Å². The van der Waals surface area contributed by atoms with Crippen LogP contribution < -0.4 is 10.2 Å². The maximum Gasteiger partial charge on any atom is 0.471 e. The van der Waals surface area contributed by atoms with Gasteiger partial charge in [-0.3, -0.25) is 9.59 Å². The average Bonchev–Trinajstić information content (AvgIpc) is 2.72. The third kappa shape index (κ3) is 6.44. The smallest absolute Gasteiger partial charge is 0.367 e. The highest BCUT2D eigenvalue weighted by Gasteiger charge is 2.43. The van der Waals surface area contributed by atoms with Crippen LogP contribution in [0, 0.1) is 0 Å². The van der Waals surface area contributed by atoms with Gasteiger partial charge in [-0.25, -0.2) is 0 Å². The second-order valence-electron chi connectivity index (χ2n) is 6.73. The summed E-state index contributed by atoms with van der Waals surface area (Å²) in [6.45, 7) is 0.361. The van der Waals surface area contributed by atoms with E-state index < -0.39 is 12.1 Å². The molecule has 1 saturated heterocycles. The van der Waals surface area contributed by atoms with E-state index in [-0.39, 0.29) is 37.8 Å². The predicted octanol–water partition coefficient (Wildman–Crippen LogP) is 4.94.